The van der Waals surface area contributed by atoms with Gasteiger partial charge in [-0.05, 0) is 34.0 Å². The van der Waals surface area contributed by atoms with Gasteiger partial charge in [-0.1, -0.05) is 15.9 Å². The molecule has 1 aromatic carbocycles. The van der Waals surface area contributed by atoms with Crippen molar-refractivity contribution in [3.63, 3.8) is 0 Å². The van der Waals surface area contributed by atoms with Gasteiger partial charge in [0.25, 0.3) is 0 Å². The number of esters is 1. The van der Waals surface area contributed by atoms with Gasteiger partial charge in [-0.2, -0.15) is 4.68 Å². The molecule has 25 heavy (non-hydrogen) atoms. The summed E-state index contributed by atoms with van der Waals surface area (Å²) in [5.74, 6) is 0.876. The van der Waals surface area contributed by atoms with Crippen LogP contribution in [0.4, 0.5) is 0 Å². The lowest BCUT2D eigenvalue weighted by molar-refractivity contribution is 0.0477. The number of hydrogen-bond acceptors (Lipinski definition) is 8. The summed E-state index contributed by atoms with van der Waals surface area (Å²) in [6, 6.07) is 5.38. The molecule has 0 aliphatic carbocycles. The summed E-state index contributed by atoms with van der Waals surface area (Å²) >= 11 is 4.74. The molecule has 0 atom stereocenters. The van der Waals surface area contributed by atoms with Gasteiger partial charge >= 0.3 is 5.97 Å². The number of aromatic nitrogens is 4. The molecule has 0 radical (unpaired) electrons. The quantitative estimate of drug-likeness (QED) is 0.596. The number of ether oxygens (including phenoxy) is 3. The molecule has 4 rings (SSSR count). The lowest BCUT2D eigenvalue weighted by atomic mass is 10.2. The second-order valence-electron chi connectivity index (χ2n) is 5.05. The molecular weight excluding hydrogens is 412 g/mol. The Morgan fingerprint density at radius 3 is 2.88 bits per heavy atom. The molecule has 0 saturated heterocycles. The van der Waals surface area contributed by atoms with Crippen LogP contribution in [0.15, 0.2) is 34.4 Å². The van der Waals surface area contributed by atoms with Gasteiger partial charge in [0.05, 0.1) is 5.69 Å². The number of thiophene rings is 1. The summed E-state index contributed by atoms with van der Waals surface area (Å²) in [5, 5.41) is 12.7. The van der Waals surface area contributed by atoms with E-state index in [-0.39, 0.29) is 6.61 Å². The molecular formula is C15H11BrN4O4S. The number of tetrazole rings is 1. The summed E-state index contributed by atoms with van der Waals surface area (Å²) in [6.45, 7) is 1.12. The predicted molar refractivity (Wildman–Crippen MR) is 91.3 cm³/mol. The average Bonchev–Trinajstić information content (AvgIpc) is 3.30. The molecule has 8 nitrogen and oxygen atoms in total. The Bertz CT molecular complexity index is 912. The standard InChI is InChI=1S/C15H11BrN4O4S/c16-10-6-13-12(22-2-3-23-13)5-9(10)7-24-15(21)14-11(1-4-25-14)20-8-17-18-19-20/h1,4-6,8H,2-3,7H2. The number of nitrogens with zero attached hydrogens (tertiary/aromatic N) is 4. The largest absolute Gasteiger partial charge is 0.486 e. The Morgan fingerprint density at radius 1 is 1.32 bits per heavy atom. The van der Waals surface area contributed by atoms with E-state index in [0.29, 0.717) is 35.3 Å². The van der Waals surface area contributed by atoms with Crippen LogP contribution in [0.3, 0.4) is 0 Å². The highest BCUT2D eigenvalue weighted by molar-refractivity contribution is 9.10. The Balaban J connectivity index is 1.51. The summed E-state index contributed by atoms with van der Waals surface area (Å²) in [4.78, 5) is 12.9. The summed E-state index contributed by atoms with van der Waals surface area (Å²) in [7, 11) is 0. The van der Waals surface area contributed by atoms with Gasteiger partial charge in [-0.15, -0.1) is 16.4 Å². The maximum atomic E-state index is 12.4. The molecule has 128 valence electrons. The maximum Gasteiger partial charge on any atom is 0.350 e. The summed E-state index contributed by atoms with van der Waals surface area (Å²) in [5.41, 5.74) is 1.37. The van der Waals surface area contributed by atoms with E-state index in [1.165, 1.54) is 22.3 Å². The molecule has 10 heteroatoms. The van der Waals surface area contributed by atoms with Gasteiger partial charge in [0.1, 0.15) is 31.0 Å². The molecule has 0 saturated carbocycles. The van der Waals surface area contributed by atoms with Gasteiger partial charge in [0.15, 0.2) is 11.5 Å². The fourth-order valence-corrected chi connectivity index (χ4v) is 3.54. The Kier molecular flexibility index (Phi) is 4.36. The van der Waals surface area contributed by atoms with E-state index < -0.39 is 5.97 Å². The fraction of sp³-hybridized carbons (Fsp3) is 0.200. The molecule has 0 amide bonds. The molecule has 0 fully saturated rings. The first kappa shape index (κ1) is 16.0. The Labute approximate surface area is 154 Å². The minimum Gasteiger partial charge on any atom is -0.486 e. The number of carbonyl (C=O) groups excluding carboxylic acids is 1. The van der Waals surface area contributed by atoms with Crippen molar-refractivity contribution in [1.29, 1.82) is 0 Å². The van der Waals surface area contributed by atoms with Crippen molar-refractivity contribution < 1.29 is 19.0 Å². The molecule has 0 unspecified atom stereocenters. The van der Waals surface area contributed by atoms with Crippen LogP contribution in [-0.2, 0) is 11.3 Å². The number of carbonyl (C=O) groups is 1. The van der Waals surface area contributed by atoms with E-state index in [0.717, 1.165) is 10.0 Å². The van der Waals surface area contributed by atoms with Crippen molar-refractivity contribution in [2.75, 3.05) is 13.2 Å². The minimum absolute atomic E-state index is 0.100. The van der Waals surface area contributed by atoms with E-state index in [9.17, 15) is 4.79 Å². The van der Waals surface area contributed by atoms with Gasteiger partial charge < -0.3 is 14.2 Å². The molecule has 3 aromatic rings. The van der Waals surface area contributed by atoms with E-state index in [1.807, 2.05) is 12.1 Å². The number of fused-ring (bicyclic) bond motifs is 1. The first-order chi connectivity index (χ1) is 12.2. The highest BCUT2D eigenvalue weighted by Gasteiger charge is 2.19. The minimum atomic E-state index is -0.442. The highest BCUT2D eigenvalue weighted by Crippen LogP contribution is 2.36. The first-order valence-electron chi connectivity index (χ1n) is 7.28. The van der Waals surface area contributed by atoms with Crippen LogP contribution in [-0.4, -0.2) is 39.4 Å². The van der Waals surface area contributed by atoms with Crippen LogP contribution in [0.1, 0.15) is 15.2 Å². The third-order valence-corrected chi connectivity index (χ3v) is 5.12. The molecule has 2 aromatic heterocycles. The molecule has 1 aliphatic rings. The van der Waals surface area contributed by atoms with Crippen molar-refractivity contribution >= 4 is 33.2 Å². The highest BCUT2D eigenvalue weighted by atomic mass is 79.9. The first-order valence-corrected chi connectivity index (χ1v) is 8.95. The summed E-state index contributed by atoms with van der Waals surface area (Å²) < 4.78 is 18.7. The van der Waals surface area contributed by atoms with Gasteiger partial charge in [-0.3, -0.25) is 0 Å². The van der Waals surface area contributed by atoms with E-state index in [2.05, 4.69) is 31.5 Å². The number of hydrogen-bond donors (Lipinski definition) is 0. The number of benzene rings is 1. The van der Waals surface area contributed by atoms with Gasteiger partial charge in [0, 0.05) is 10.0 Å². The van der Waals surface area contributed by atoms with Gasteiger partial charge in [0.2, 0.25) is 0 Å². The molecule has 0 spiro atoms. The fourth-order valence-electron chi connectivity index (χ4n) is 2.33. The van der Waals surface area contributed by atoms with Crippen molar-refractivity contribution in [3.05, 3.63) is 44.8 Å². The van der Waals surface area contributed by atoms with E-state index in [1.54, 1.807) is 11.4 Å². The lowest BCUT2D eigenvalue weighted by Crippen LogP contribution is -2.16. The van der Waals surface area contributed by atoms with Crippen LogP contribution in [0.5, 0.6) is 11.5 Å². The molecule has 0 N–H and O–H groups in total. The molecule has 3 heterocycles. The third-order valence-electron chi connectivity index (χ3n) is 3.50. The van der Waals surface area contributed by atoms with Crippen molar-refractivity contribution in [2.45, 2.75) is 6.61 Å². The number of halogens is 1. The van der Waals surface area contributed by atoms with Crippen LogP contribution >= 0.6 is 27.3 Å². The van der Waals surface area contributed by atoms with Crippen LogP contribution in [0.25, 0.3) is 5.69 Å². The topological polar surface area (TPSA) is 88.4 Å². The van der Waals surface area contributed by atoms with E-state index >= 15 is 0 Å². The zero-order valence-corrected chi connectivity index (χ0v) is 15.1. The zero-order valence-electron chi connectivity index (χ0n) is 12.7. The Hall–Kier alpha value is -2.46. The third kappa shape index (κ3) is 3.22. The molecule has 1 aliphatic heterocycles. The average molecular weight is 423 g/mol. The smallest absolute Gasteiger partial charge is 0.350 e. The second-order valence-corrected chi connectivity index (χ2v) is 6.82. The van der Waals surface area contributed by atoms with Crippen molar-refractivity contribution in [1.82, 2.24) is 20.2 Å². The van der Waals surface area contributed by atoms with Crippen LogP contribution < -0.4 is 9.47 Å². The van der Waals surface area contributed by atoms with Crippen molar-refractivity contribution in [2.24, 2.45) is 0 Å². The predicted octanol–water partition coefficient (Wildman–Crippen LogP) is 2.61. The number of rotatable bonds is 4. The monoisotopic (exact) mass is 422 g/mol. The SMILES string of the molecule is O=C(OCc1cc2c(cc1Br)OCCO2)c1sccc1-n1cnnn1. The van der Waals surface area contributed by atoms with E-state index in [4.69, 9.17) is 14.2 Å². The lowest BCUT2D eigenvalue weighted by Gasteiger charge is -2.19. The Morgan fingerprint density at radius 2 is 2.12 bits per heavy atom. The van der Waals surface area contributed by atoms with Crippen LogP contribution in [0, 0.1) is 0 Å². The maximum absolute atomic E-state index is 12.4. The second kappa shape index (κ2) is 6.81. The van der Waals surface area contributed by atoms with Crippen molar-refractivity contribution in [3.8, 4) is 17.2 Å². The zero-order chi connectivity index (χ0) is 17.2. The summed E-state index contributed by atoms with van der Waals surface area (Å²) in [6.07, 6.45) is 1.43. The normalized spacial score (nSPS) is 12.8. The van der Waals surface area contributed by atoms with Crippen LogP contribution in [0.2, 0.25) is 0 Å². The molecule has 0 bridgehead atoms. The van der Waals surface area contributed by atoms with Gasteiger partial charge in [-0.25, -0.2) is 4.79 Å².